The van der Waals surface area contributed by atoms with Gasteiger partial charge >= 0.3 is 0 Å². The maximum Gasteiger partial charge on any atom is 0.269 e. The number of fused-ring (bicyclic) bond motifs is 1. The van der Waals surface area contributed by atoms with Crippen LogP contribution in [0, 0.1) is 15.5 Å². The highest BCUT2D eigenvalue weighted by atomic mass is 16.6. The summed E-state index contributed by atoms with van der Waals surface area (Å²) < 4.78 is 0. The number of nitro groups is 1. The standard InChI is InChI=1S/C15H23N3O2/c1-15(2,3)14-9-13(17(4)5)11-8-10(18(19)20)6-7-12(11)16-14/h6-8,13-14,16H,9H2,1-5H3. The van der Waals surface area contributed by atoms with Gasteiger partial charge in [0, 0.05) is 29.9 Å². The quantitative estimate of drug-likeness (QED) is 0.664. The number of hydrogen-bond donors (Lipinski definition) is 1. The van der Waals surface area contributed by atoms with E-state index >= 15 is 0 Å². The maximum absolute atomic E-state index is 11.0. The van der Waals surface area contributed by atoms with E-state index < -0.39 is 0 Å². The third-order valence-electron chi connectivity index (χ3n) is 4.06. The van der Waals surface area contributed by atoms with E-state index in [-0.39, 0.29) is 22.1 Å². The zero-order valence-electron chi connectivity index (χ0n) is 12.8. The molecule has 0 aliphatic carbocycles. The summed E-state index contributed by atoms with van der Waals surface area (Å²) in [6, 6.07) is 5.66. The Balaban J connectivity index is 2.45. The average molecular weight is 277 g/mol. The molecule has 0 spiro atoms. The van der Waals surface area contributed by atoms with Gasteiger partial charge in [0.1, 0.15) is 0 Å². The molecule has 0 amide bonds. The van der Waals surface area contributed by atoms with Crippen LogP contribution in [0.4, 0.5) is 11.4 Å². The lowest BCUT2D eigenvalue weighted by Crippen LogP contribution is -2.41. The number of nitrogens with zero attached hydrogens (tertiary/aromatic N) is 2. The van der Waals surface area contributed by atoms with E-state index in [1.54, 1.807) is 12.1 Å². The highest BCUT2D eigenvalue weighted by Gasteiger charge is 2.35. The maximum atomic E-state index is 11.0. The second kappa shape index (κ2) is 5.05. The van der Waals surface area contributed by atoms with E-state index in [1.807, 2.05) is 20.2 Å². The second-order valence-corrected chi connectivity index (χ2v) is 6.81. The van der Waals surface area contributed by atoms with Crippen molar-refractivity contribution in [3.63, 3.8) is 0 Å². The molecule has 0 fully saturated rings. The van der Waals surface area contributed by atoms with Gasteiger partial charge in [0.2, 0.25) is 0 Å². The summed E-state index contributed by atoms with van der Waals surface area (Å²) in [6.45, 7) is 6.65. The third-order valence-corrected chi connectivity index (χ3v) is 4.06. The minimum Gasteiger partial charge on any atom is -0.381 e. The molecule has 1 aliphatic rings. The Bertz CT molecular complexity index is 520. The van der Waals surface area contributed by atoms with Crippen LogP contribution >= 0.6 is 0 Å². The van der Waals surface area contributed by atoms with Crippen molar-refractivity contribution in [1.82, 2.24) is 4.90 Å². The van der Waals surface area contributed by atoms with Gasteiger partial charge in [-0.2, -0.15) is 0 Å². The minimum atomic E-state index is -0.331. The van der Waals surface area contributed by atoms with E-state index in [1.165, 1.54) is 0 Å². The van der Waals surface area contributed by atoms with Gasteiger partial charge in [-0.1, -0.05) is 20.8 Å². The van der Waals surface area contributed by atoms with E-state index in [2.05, 4.69) is 31.0 Å². The third kappa shape index (κ3) is 2.77. The molecule has 0 saturated carbocycles. The highest BCUT2D eigenvalue weighted by Crippen LogP contribution is 2.41. The number of hydrogen-bond acceptors (Lipinski definition) is 4. The van der Waals surface area contributed by atoms with Crippen LogP contribution in [0.3, 0.4) is 0 Å². The first kappa shape index (κ1) is 14.8. The van der Waals surface area contributed by atoms with Crippen LogP contribution in [0.25, 0.3) is 0 Å². The van der Waals surface area contributed by atoms with Crippen molar-refractivity contribution >= 4 is 11.4 Å². The summed E-state index contributed by atoms with van der Waals surface area (Å²) in [5.74, 6) is 0. The van der Waals surface area contributed by atoms with Gasteiger partial charge in [-0.3, -0.25) is 10.1 Å². The molecule has 1 aromatic rings. The molecule has 2 rings (SSSR count). The Hall–Kier alpha value is -1.62. The first-order valence-corrected chi connectivity index (χ1v) is 6.91. The van der Waals surface area contributed by atoms with Crippen molar-refractivity contribution in [1.29, 1.82) is 0 Å². The van der Waals surface area contributed by atoms with Crippen LogP contribution in [0.15, 0.2) is 18.2 Å². The van der Waals surface area contributed by atoms with Crippen LogP contribution in [-0.4, -0.2) is 30.0 Å². The average Bonchev–Trinajstić information content (AvgIpc) is 2.35. The summed E-state index contributed by atoms with van der Waals surface area (Å²) in [6.07, 6.45) is 0.949. The van der Waals surface area contributed by atoms with Gasteiger partial charge in [0.25, 0.3) is 5.69 Å². The summed E-state index contributed by atoms with van der Waals surface area (Å²) in [5, 5.41) is 14.5. The van der Waals surface area contributed by atoms with Crippen molar-refractivity contribution in [2.75, 3.05) is 19.4 Å². The molecular weight excluding hydrogens is 254 g/mol. The van der Waals surface area contributed by atoms with E-state index in [4.69, 9.17) is 0 Å². The first-order valence-electron chi connectivity index (χ1n) is 6.91. The van der Waals surface area contributed by atoms with Gasteiger partial charge < -0.3 is 10.2 Å². The Morgan fingerprint density at radius 2 is 2.00 bits per heavy atom. The zero-order chi connectivity index (χ0) is 15.1. The number of rotatable bonds is 2. The Kier molecular flexibility index (Phi) is 3.73. The van der Waals surface area contributed by atoms with Crippen LogP contribution in [0.1, 0.15) is 38.8 Å². The van der Waals surface area contributed by atoms with Gasteiger partial charge in [0.15, 0.2) is 0 Å². The number of nitrogens with one attached hydrogen (secondary N) is 1. The SMILES string of the molecule is CN(C)C1CC(C(C)(C)C)Nc2ccc([N+](=O)[O-])cc21. The van der Waals surface area contributed by atoms with Gasteiger partial charge in [-0.05, 0) is 37.6 Å². The number of benzene rings is 1. The zero-order valence-corrected chi connectivity index (χ0v) is 12.8. The van der Waals surface area contributed by atoms with Gasteiger partial charge in [0.05, 0.1) is 4.92 Å². The van der Waals surface area contributed by atoms with Gasteiger partial charge in [-0.25, -0.2) is 0 Å². The smallest absolute Gasteiger partial charge is 0.269 e. The molecular formula is C15H23N3O2. The Labute approximate surface area is 120 Å². The fourth-order valence-corrected chi connectivity index (χ4v) is 2.73. The molecule has 0 bridgehead atoms. The lowest BCUT2D eigenvalue weighted by atomic mass is 9.78. The van der Waals surface area contributed by atoms with Crippen LogP contribution in [0.2, 0.25) is 0 Å². The molecule has 20 heavy (non-hydrogen) atoms. The predicted octanol–water partition coefficient (Wildman–Crippen LogP) is 3.43. The lowest BCUT2D eigenvalue weighted by molar-refractivity contribution is -0.384. The van der Waals surface area contributed by atoms with E-state index in [0.29, 0.717) is 6.04 Å². The van der Waals surface area contributed by atoms with Crippen molar-refractivity contribution in [3.8, 4) is 0 Å². The van der Waals surface area contributed by atoms with Crippen molar-refractivity contribution < 1.29 is 4.92 Å². The molecule has 2 atom stereocenters. The first-order chi connectivity index (χ1) is 9.20. The van der Waals surface area contributed by atoms with Crippen molar-refractivity contribution in [2.45, 2.75) is 39.3 Å². The molecule has 0 radical (unpaired) electrons. The molecule has 0 aromatic heterocycles. The molecule has 1 aliphatic heterocycles. The molecule has 5 heteroatoms. The molecule has 1 N–H and O–H groups in total. The molecule has 110 valence electrons. The fourth-order valence-electron chi connectivity index (χ4n) is 2.73. The van der Waals surface area contributed by atoms with E-state index in [0.717, 1.165) is 17.7 Å². The van der Waals surface area contributed by atoms with Crippen molar-refractivity contribution in [3.05, 3.63) is 33.9 Å². The summed E-state index contributed by atoms with van der Waals surface area (Å²) in [7, 11) is 4.05. The minimum absolute atomic E-state index is 0.147. The molecule has 5 nitrogen and oxygen atoms in total. The lowest BCUT2D eigenvalue weighted by Gasteiger charge is -2.42. The summed E-state index contributed by atoms with van der Waals surface area (Å²) in [5.41, 5.74) is 2.34. The normalized spacial score (nSPS) is 22.3. The fraction of sp³-hybridized carbons (Fsp3) is 0.600. The second-order valence-electron chi connectivity index (χ2n) is 6.81. The van der Waals surface area contributed by atoms with E-state index in [9.17, 15) is 10.1 Å². The Morgan fingerprint density at radius 1 is 1.35 bits per heavy atom. The molecule has 0 saturated heterocycles. The molecule has 1 heterocycles. The molecule has 2 unspecified atom stereocenters. The Morgan fingerprint density at radius 3 is 2.50 bits per heavy atom. The van der Waals surface area contributed by atoms with Crippen LogP contribution in [-0.2, 0) is 0 Å². The topological polar surface area (TPSA) is 58.4 Å². The monoisotopic (exact) mass is 277 g/mol. The molecule has 1 aromatic carbocycles. The van der Waals surface area contributed by atoms with Crippen LogP contribution in [0.5, 0.6) is 0 Å². The van der Waals surface area contributed by atoms with Crippen LogP contribution < -0.4 is 5.32 Å². The number of non-ortho nitro benzene ring substituents is 1. The van der Waals surface area contributed by atoms with Gasteiger partial charge in [-0.15, -0.1) is 0 Å². The predicted molar refractivity (Wildman–Crippen MR) is 81.0 cm³/mol. The number of anilines is 1. The summed E-state index contributed by atoms with van der Waals surface area (Å²) >= 11 is 0. The summed E-state index contributed by atoms with van der Waals surface area (Å²) in [4.78, 5) is 12.8. The van der Waals surface area contributed by atoms with Crippen molar-refractivity contribution in [2.24, 2.45) is 5.41 Å². The number of nitro benzene ring substituents is 1. The largest absolute Gasteiger partial charge is 0.381 e. The highest BCUT2D eigenvalue weighted by molar-refractivity contribution is 5.60.